The molecule has 0 fully saturated rings. The Hall–Kier alpha value is -1.04. The zero-order chi connectivity index (χ0) is 9.84. The largest absolute Gasteiger partial charge is 0.0775 e. The van der Waals surface area contributed by atoms with Crippen molar-refractivity contribution in [2.45, 2.75) is 34.1 Å². The second kappa shape index (κ2) is 4.27. The highest BCUT2D eigenvalue weighted by atomic mass is 14.0. The van der Waals surface area contributed by atoms with E-state index in [1.807, 2.05) is 0 Å². The Kier molecular flexibility index (Phi) is 3.30. The molecule has 0 heterocycles. The van der Waals surface area contributed by atoms with Crippen molar-refractivity contribution in [1.29, 1.82) is 0 Å². The smallest absolute Gasteiger partial charge is 0.0133 e. The van der Waals surface area contributed by atoms with Crippen molar-refractivity contribution in [3.8, 4) is 0 Å². The Bertz CT molecular complexity index is 305. The topological polar surface area (TPSA) is 0 Å². The van der Waals surface area contributed by atoms with Crippen LogP contribution in [0.3, 0.4) is 0 Å². The average molecular weight is 174 g/mol. The number of hydrogen-bond acceptors (Lipinski definition) is 0. The third kappa shape index (κ3) is 3.45. The van der Waals surface area contributed by atoms with Gasteiger partial charge in [0.05, 0.1) is 0 Å². The maximum atomic E-state index is 2.28. The zero-order valence-electron chi connectivity index (χ0n) is 9.02. The van der Waals surface area contributed by atoms with Crippen LogP contribution in [0.4, 0.5) is 0 Å². The van der Waals surface area contributed by atoms with E-state index in [0.717, 1.165) is 6.42 Å². The van der Waals surface area contributed by atoms with Gasteiger partial charge < -0.3 is 0 Å². The van der Waals surface area contributed by atoms with E-state index in [4.69, 9.17) is 0 Å². The van der Waals surface area contributed by atoms with Crippen LogP contribution >= 0.6 is 0 Å². The first kappa shape index (κ1) is 10.0. The second-order valence-corrected chi connectivity index (χ2v) is 4.01. The van der Waals surface area contributed by atoms with Gasteiger partial charge in [0.15, 0.2) is 0 Å². The van der Waals surface area contributed by atoms with E-state index in [1.165, 1.54) is 22.3 Å². The molecule has 0 spiro atoms. The summed E-state index contributed by atoms with van der Waals surface area (Å²) in [6.45, 7) is 8.61. The van der Waals surface area contributed by atoms with Gasteiger partial charge in [0, 0.05) is 0 Å². The molecular formula is C13H18. The lowest BCUT2D eigenvalue weighted by Gasteiger charge is -1.96. The molecular weight excluding hydrogens is 156 g/mol. The van der Waals surface area contributed by atoms with Crippen LogP contribution < -0.4 is 0 Å². The monoisotopic (exact) mass is 174 g/mol. The minimum absolute atomic E-state index is 1.09. The molecule has 70 valence electrons. The summed E-state index contributed by atoms with van der Waals surface area (Å²) in [5, 5.41) is 0. The summed E-state index contributed by atoms with van der Waals surface area (Å²) < 4.78 is 0. The van der Waals surface area contributed by atoms with Crippen molar-refractivity contribution in [2.24, 2.45) is 0 Å². The van der Waals surface area contributed by atoms with Crippen LogP contribution in [0, 0.1) is 0 Å². The molecule has 1 aliphatic carbocycles. The summed E-state index contributed by atoms with van der Waals surface area (Å²) in [6, 6.07) is 0. The molecule has 0 bridgehead atoms. The molecule has 0 aliphatic heterocycles. The van der Waals surface area contributed by atoms with Crippen molar-refractivity contribution in [2.75, 3.05) is 0 Å². The summed E-state index contributed by atoms with van der Waals surface area (Å²) in [4.78, 5) is 0. The maximum absolute atomic E-state index is 2.28. The predicted molar refractivity (Wildman–Crippen MR) is 59.6 cm³/mol. The first-order chi connectivity index (χ1) is 6.08. The third-order valence-corrected chi connectivity index (χ3v) is 2.01. The van der Waals surface area contributed by atoms with Gasteiger partial charge in [-0.2, -0.15) is 0 Å². The van der Waals surface area contributed by atoms with Crippen LogP contribution in [-0.2, 0) is 0 Å². The quantitative estimate of drug-likeness (QED) is 0.559. The molecule has 0 unspecified atom stereocenters. The Morgan fingerprint density at radius 1 is 1.23 bits per heavy atom. The highest BCUT2D eigenvalue weighted by Gasteiger charge is 1.97. The fourth-order valence-corrected chi connectivity index (χ4v) is 1.45. The van der Waals surface area contributed by atoms with Gasteiger partial charge in [-0.1, -0.05) is 41.0 Å². The molecule has 13 heavy (non-hydrogen) atoms. The van der Waals surface area contributed by atoms with E-state index in [-0.39, 0.29) is 0 Å². The third-order valence-electron chi connectivity index (χ3n) is 2.01. The highest BCUT2D eigenvalue weighted by Crippen LogP contribution is 2.17. The minimum Gasteiger partial charge on any atom is -0.0775 e. The van der Waals surface area contributed by atoms with Gasteiger partial charge in [0.2, 0.25) is 0 Å². The Labute approximate surface area is 81.4 Å². The van der Waals surface area contributed by atoms with E-state index in [0.29, 0.717) is 0 Å². The summed E-state index contributed by atoms with van der Waals surface area (Å²) >= 11 is 0. The summed E-state index contributed by atoms with van der Waals surface area (Å²) in [7, 11) is 0. The van der Waals surface area contributed by atoms with E-state index < -0.39 is 0 Å². The van der Waals surface area contributed by atoms with Gasteiger partial charge in [-0.15, -0.1) is 0 Å². The summed E-state index contributed by atoms with van der Waals surface area (Å²) in [5.74, 6) is 0. The van der Waals surface area contributed by atoms with E-state index >= 15 is 0 Å². The maximum Gasteiger partial charge on any atom is -0.0133 e. The predicted octanol–water partition coefficient (Wildman–Crippen LogP) is 4.18. The van der Waals surface area contributed by atoms with E-state index in [1.54, 1.807) is 0 Å². The molecule has 0 aromatic heterocycles. The highest BCUT2D eigenvalue weighted by molar-refractivity contribution is 5.42. The first-order valence-corrected chi connectivity index (χ1v) is 4.78. The number of rotatable bonds is 1. The fraction of sp³-hybridized carbons (Fsp3) is 0.385. The van der Waals surface area contributed by atoms with Gasteiger partial charge in [0.25, 0.3) is 0 Å². The van der Waals surface area contributed by atoms with Crippen molar-refractivity contribution < 1.29 is 0 Å². The van der Waals surface area contributed by atoms with Gasteiger partial charge in [-0.25, -0.2) is 0 Å². The first-order valence-electron chi connectivity index (χ1n) is 4.78. The van der Waals surface area contributed by atoms with Crippen LogP contribution in [-0.4, -0.2) is 0 Å². The Balaban J connectivity index is 2.99. The SMILES string of the molecule is CC(C)=CC1=CC(C)=CCC(C)=C1. The number of allylic oxidation sites excluding steroid dienone is 8. The molecule has 0 nitrogen and oxygen atoms in total. The van der Waals surface area contributed by atoms with Crippen LogP contribution in [0.1, 0.15) is 34.1 Å². The van der Waals surface area contributed by atoms with E-state index in [9.17, 15) is 0 Å². The van der Waals surface area contributed by atoms with Gasteiger partial charge >= 0.3 is 0 Å². The molecule has 1 rings (SSSR count). The van der Waals surface area contributed by atoms with Crippen LogP contribution in [0.15, 0.2) is 46.6 Å². The summed E-state index contributed by atoms with van der Waals surface area (Å²) in [5.41, 5.74) is 5.47. The minimum atomic E-state index is 1.09. The molecule has 0 saturated heterocycles. The molecule has 0 aromatic carbocycles. The molecule has 0 N–H and O–H groups in total. The van der Waals surface area contributed by atoms with Crippen molar-refractivity contribution in [3.63, 3.8) is 0 Å². The lowest BCUT2D eigenvalue weighted by atomic mass is 10.1. The molecule has 0 amide bonds. The van der Waals surface area contributed by atoms with Crippen LogP contribution in [0.25, 0.3) is 0 Å². The van der Waals surface area contributed by atoms with Crippen molar-refractivity contribution in [3.05, 3.63) is 46.6 Å². The molecule has 0 saturated carbocycles. The average Bonchev–Trinajstić information content (AvgIpc) is 2.11. The zero-order valence-corrected chi connectivity index (χ0v) is 9.02. The fourth-order valence-electron chi connectivity index (χ4n) is 1.45. The lowest BCUT2D eigenvalue weighted by Crippen LogP contribution is -1.76. The van der Waals surface area contributed by atoms with Crippen molar-refractivity contribution in [1.82, 2.24) is 0 Å². The van der Waals surface area contributed by atoms with Crippen LogP contribution in [0.2, 0.25) is 0 Å². The normalized spacial score (nSPS) is 16.8. The molecule has 0 heteroatoms. The second-order valence-electron chi connectivity index (χ2n) is 4.01. The van der Waals surface area contributed by atoms with Crippen LogP contribution in [0.5, 0.6) is 0 Å². The Morgan fingerprint density at radius 3 is 2.54 bits per heavy atom. The molecule has 0 atom stereocenters. The Morgan fingerprint density at radius 2 is 1.92 bits per heavy atom. The van der Waals surface area contributed by atoms with Crippen molar-refractivity contribution >= 4 is 0 Å². The molecule has 0 radical (unpaired) electrons. The summed E-state index contributed by atoms with van der Waals surface area (Å²) in [6.07, 6.45) is 10.1. The van der Waals surface area contributed by atoms with Gasteiger partial charge in [-0.3, -0.25) is 0 Å². The lowest BCUT2D eigenvalue weighted by molar-refractivity contribution is 1.20. The molecule has 0 aromatic rings. The van der Waals surface area contributed by atoms with E-state index in [2.05, 4.69) is 52.0 Å². The standard InChI is InChI=1S/C13H18/c1-10(2)7-13-8-11(3)5-6-12(4)9-13/h5,7-9H,6H2,1-4H3. The van der Waals surface area contributed by atoms with Gasteiger partial charge in [-0.05, 0) is 39.7 Å². The molecule has 1 aliphatic rings. The number of hydrogen-bond donors (Lipinski definition) is 0. The van der Waals surface area contributed by atoms with Gasteiger partial charge in [0.1, 0.15) is 0 Å².